The Bertz CT molecular complexity index is 892. The summed E-state index contributed by atoms with van der Waals surface area (Å²) in [4.78, 5) is 12.6. The first-order valence-corrected chi connectivity index (χ1v) is 10.3. The molecule has 0 spiro atoms. The van der Waals surface area contributed by atoms with E-state index in [0.29, 0.717) is 5.56 Å². The molecule has 0 aliphatic rings. The van der Waals surface area contributed by atoms with Gasteiger partial charge in [-0.05, 0) is 42.8 Å². The molecule has 146 valence electrons. The molecule has 0 unspecified atom stereocenters. The highest BCUT2D eigenvalue weighted by Gasteiger charge is 2.19. The van der Waals surface area contributed by atoms with Crippen molar-refractivity contribution in [3.05, 3.63) is 69.3 Å². The Labute approximate surface area is 160 Å². The van der Waals surface area contributed by atoms with Crippen LogP contribution in [0.15, 0.2) is 47.4 Å². The predicted octanol–water partition coefficient (Wildman–Crippen LogP) is 3.22. The summed E-state index contributed by atoms with van der Waals surface area (Å²) in [5.74, 6) is 0. The molecule has 0 atom stereocenters. The van der Waals surface area contributed by atoms with E-state index in [2.05, 4.69) is 23.5 Å². The molecule has 0 fully saturated rings. The van der Waals surface area contributed by atoms with Crippen LogP contribution in [0.4, 0.5) is 5.69 Å². The van der Waals surface area contributed by atoms with Crippen molar-refractivity contribution in [2.24, 2.45) is 0 Å². The number of aryl methyl sites for hydroxylation is 1. The molecule has 2 aromatic carbocycles. The average molecular weight is 391 g/mol. The van der Waals surface area contributed by atoms with Gasteiger partial charge in [0, 0.05) is 25.2 Å². The van der Waals surface area contributed by atoms with Gasteiger partial charge in [0.05, 0.1) is 9.82 Å². The number of hydrogen-bond donors (Lipinski definition) is 1. The van der Waals surface area contributed by atoms with Gasteiger partial charge >= 0.3 is 0 Å². The molecular formula is C19H25N3O4S. The van der Waals surface area contributed by atoms with Crippen molar-refractivity contribution in [1.29, 1.82) is 0 Å². The summed E-state index contributed by atoms with van der Waals surface area (Å²) in [5, 5.41) is 10.8. The van der Waals surface area contributed by atoms with Crippen LogP contribution in [0, 0.1) is 17.0 Å². The van der Waals surface area contributed by atoms with E-state index in [1.54, 1.807) is 6.92 Å². The zero-order valence-electron chi connectivity index (χ0n) is 15.8. The fraction of sp³-hybridized carbons (Fsp3) is 0.368. The van der Waals surface area contributed by atoms with Crippen LogP contribution in [0.25, 0.3) is 0 Å². The molecule has 2 rings (SSSR count). The molecule has 0 saturated heterocycles. The Balaban J connectivity index is 2.06. The number of nitrogens with zero attached hydrogens (tertiary/aromatic N) is 2. The maximum atomic E-state index is 12.5. The first-order chi connectivity index (χ1) is 12.8. The second-order valence-corrected chi connectivity index (χ2v) is 8.04. The van der Waals surface area contributed by atoms with Crippen molar-refractivity contribution in [1.82, 2.24) is 9.62 Å². The van der Waals surface area contributed by atoms with Gasteiger partial charge in [-0.25, -0.2) is 13.1 Å². The molecule has 0 amide bonds. The van der Waals surface area contributed by atoms with E-state index in [1.165, 1.54) is 23.8 Å². The standard InChI is InChI=1S/C19H25N3O4S/c1-4-21(5-2)14-17-8-6-16(7-9-17)13-20-27(25,26)19-11-10-18(22(23)24)12-15(19)3/h6-12,20H,4-5,13-14H2,1-3H3. The lowest BCUT2D eigenvalue weighted by Crippen LogP contribution is -2.24. The second-order valence-electron chi connectivity index (χ2n) is 6.31. The van der Waals surface area contributed by atoms with Crippen molar-refractivity contribution in [3.63, 3.8) is 0 Å². The molecule has 2 aromatic rings. The summed E-state index contributed by atoms with van der Waals surface area (Å²) in [7, 11) is -3.75. The van der Waals surface area contributed by atoms with Gasteiger partial charge in [0.15, 0.2) is 0 Å². The van der Waals surface area contributed by atoms with Crippen LogP contribution in [0.5, 0.6) is 0 Å². The molecule has 27 heavy (non-hydrogen) atoms. The van der Waals surface area contributed by atoms with Gasteiger partial charge in [-0.15, -0.1) is 0 Å². The van der Waals surface area contributed by atoms with Crippen molar-refractivity contribution in [3.8, 4) is 0 Å². The lowest BCUT2D eigenvalue weighted by Gasteiger charge is -2.18. The van der Waals surface area contributed by atoms with Crippen LogP contribution in [0.3, 0.4) is 0 Å². The van der Waals surface area contributed by atoms with Gasteiger partial charge in [0.25, 0.3) is 5.69 Å². The van der Waals surface area contributed by atoms with Crippen molar-refractivity contribution in [2.75, 3.05) is 13.1 Å². The summed E-state index contributed by atoms with van der Waals surface area (Å²) >= 11 is 0. The first-order valence-electron chi connectivity index (χ1n) is 8.81. The molecule has 0 saturated carbocycles. The Morgan fingerprint density at radius 1 is 1.04 bits per heavy atom. The number of sulfonamides is 1. The van der Waals surface area contributed by atoms with Gasteiger partial charge in [0.2, 0.25) is 10.0 Å². The number of nitro groups is 1. The number of nitrogens with one attached hydrogen (secondary N) is 1. The first kappa shape index (κ1) is 21.0. The molecule has 0 aliphatic carbocycles. The Morgan fingerprint density at radius 3 is 2.15 bits per heavy atom. The summed E-state index contributed by atoms with van der Waals surface area (Å²) in [6.45, 7) is 8.76. The van der Waals surface area contributed by atoms with Crippen LogP contribution in [-0.4, -0.2) is 31.3 Å². The number of rotatable bonds is 9. The highest BCUT2D eigenvalue weighted by molar-refractivity contribution is 7.89. The third-order valence-corrected chi connectivity index (χ3v) is 6.01. The number of non-ortho nitro benzene ring substituents is 1. The predicted molar refractivity (Wildman–Crippen MR) is 105 cm³/mol. The maximum absolute atomic E-state index is 12.5. The zero-order chi connectivity index (χ0) is 20.0. The zero-order valence-corrected chi connectivity index (χ0v) is 16.6. The van der Waals surface area contributed by atoms with Gasteiger partial charge in [-0.1, -0.05) is 38.1 Å². The highest BCUT2D eigenvalue weighted by Crippen LogP contribution is 2.21. The largest absolute Gasteiger partial charge is 0.300 e. The Morgan fingerprint density at radius 2 is 1.63 bits per heavy atom. The molecule has 0 aromatic heterocycles. The molecular weight excluding hydrogens is 366 g/mol. The Hall–Kier alpha value is -2.29. The maximum Gasteiger partial charge on any atom is 0.269 e. The lowest BCUT2D eigenvalue weighted by molar-refractivity contribution is -0.385. The van der Waals surface area contributed by atoms with Gasteiger partial charge in [-0.2, -0.15) is 0 Å². The molecule has 8 heteroatoms. The molecule has 0 aliphatic heterocycles. The summed E-state index contributed by atoms with van der Waals surface area (Å²) < 4.78 is 27.6. The smallest absolute Gasteiger partial charge is 0.269 e. The number of hydrogen-bond acceptors (Lipinski definition) is 5. The third-order valence-electron chi connectivity index (χ3n) is 4.45. The summed E-state index contributed by atoms with van der Waals surface area (Å²) in [5.41, 5.74) is 2.24. The van der Waals surface area contributed by atoms with E-state index in [9.17, 15) is 18.5 Å². The van der Waals surface area contributed by atoms with E-state index >= 15 is 0 Å². The van der Waals surface area contributed by atoms with E-state index in [1.807, 2.05) is 24.3 Å². The Kier molecular flexibility index (Phi) is 7.06. The minimum Gasteiger partial charge on any atom is -0.300 e. The highest BCUT2D eigenvalue weighted by atomic mass is 32.2. The van der Waals surface area contributed by atoms with Gasteiger partial charge in [-0.3, -0.25) is 15.0 Å². The third kappa shape index (κ3) is 5.59. The van der Waals surface area contributed by atoms with Crippen molar-refractivity contribution >= 4 is 15.7 Å². The van der Waals surface area contributed by atoms with Crippen LogP contribution < -0.4 is 4.72 Å². The molecule has 0 heterocycles. The quantitative estimate of drug-likeness (QED) is 0.523. The van der Waals surface area contributed by atoms with Gasteiger partial charge < -0.3 is 0 Å². The monoisotopic (exact) mass is 391 g/mol. The SMILES string of the molecule is CCN(CC)Cc1ccc(CNS(=O)(=O)c2ccc([N+](=O)[O-])cc2C)cc1. The van der Waals surface area contributed by atoms with E-state index < -0.39 is 14.9 Å². The summed E-state index contributed by atoms with van der Waals surface area (Å²) in [6, 6.07) is 11.5. The second kappa shape index (κ2) is 9.07. The minimum absolute atomic E-state index is 0.0475. The minimum atomic E-state index is -3.75. The fourth-order valence-corrected chi connectivity index (χ4v) is 4.01. The van der Waals surface area contributed by atoms with Crippen LogP contribution in [-0.2, 0) is 23.1 Å². The molecule has 1 N–H and O–H groups in total. The lowest BCUT2D eigenvalue weighted by atomic mass is 10.1. The molecule has 0 bridgehead atoms. The fourth-order valence-electron chi connectivity index (χ4n) is 2.77. The topological polar surface area (TPSA) is 92.6 Å². The normalized spacial score (nSPS) is 11.7. The van der Waals surface area contributed by atoms with E-state index in [0.717, 1.165) is 25.2 Å². The number of nitro benzene ring substituents is 1. The van der Waals surface area contributed by atoms with E-state index in [4.69, 9.17) is 0 Å². The van der Waals surface area contributed by atoms with Crippen LogP contribution in [0.2, 0.25) is 0 Å². The van der Waals surface area contributed by atoms with Gasteiger partial charge in [0.1, 0.15) is 0 Å². The van der Waals surface area contributed by atoms with E-state index in [-0.39, 0.29) is 17.1 Å². The number of benzene rings is 2. The summed E-state index contributed by atoms with van der Waals surface area (Å²) in [6.07, 6.45) is 0. The average Bonchev–Trinajstić information content (AvgIpc) is 2.65. The van der Waals surface area contributed by atoms with Crippen molar-refractivity contribution < 1.29 is 13.3 Å². The molecule has 7 nitrogen and oxygen atoms in total. The van der Waals surface area contributed by atoms with Crippen LogP contribution >= 0.6 is 0 Å². The molecule has 0 radical (unpaired) electrons. The van der Waals surface area contributed by atoms with Crippen LogP contribution in [0.1, 0.15) is 30.5 Å². The van der Waals surface area contributed by atoms with Crippen molar-refractivity contribution in [2.45, 2.75) is 38.8 Å².